The second kappa shape index (κ2) is 6.02. The van der Waals surface area contributed by atoms with Crippen LogP contribution in [0, 0.1) is 0 Å². The van der Waals surface area contributed by atoms with Gasteiger partial charge in [-0.1, -0.05) is 13.0 Å². The van der Waals surface area contributed by atoms with Gasteiger partial charge in [0.25, 0.3) is 0 Å². The first kappa shape index (κ1) is 13.8. The van der Waals surface area contributed by atoms with Gasteiger partial charge in [-0.2, -0.15) is 0 Å². The Kier molecular flexibility index (Phi) is 4.37. The summed E-state index contributed by atoms with van der Waals surface area (Å²) in [5.41, 5.74) is 1.16. The van der Waals surface area contributed by atoms with Crippen LogP contribution >= 0.6 is 11.3 Å². The highest BCUT2D eigenvalue weighted by molar-refractivity contribution is 7.10. The van der Waals surface area contributed by atoms with Crippen molar-refractivity contribution in [3.63, 3.8) is 0 Å². The molecule has 0 saturated heterocycles. The molecule has 5 heteroatoms. The number of nitrogens with zero attached hydrogens (tertiary/aromatic N) is 3. The summed E-state index contributed by atoms with van der Waals surface area (Å²) < 4.78 is 0. The predicted octanol–water partition coefficient (Wildman–Crippen LogP) is 3.34. The number of aromatic nitrogens is 2. The summed E-state index contributed by atoms with van der Waals surface area (Å²) in [6.45, 7) is 4.33. The first-order chi connectivity index (χ1) is 9.19. The van der Waals surface area contributed by atoms with E-state index in [1.165, 1.54) is 4.88 Å². The second-order valence-corrected chi connectivity index (χ2v) is 5.41. The largest absolute Gasteiger partial charge is 0.373 e. The molecule has 0 spiro atoms. The summed E-state index contributed by atoms with van der Waals surface area (Å²) in [5.74, 6) is 1.92. The number of rotatable bonds is 5. The molecule has 1 N–H and O–H groups in total. The smallest absolute Gasteiger partial charge is 0.137 e. The van der Waals surface area contributed by atoms with Gasteiger partial charge >= 0.3 is 0 Å². The van der Waals surface area contributed by atoms with E-state index >= 15 is 0 Å². The van der Waals surface area contributed by atoms with Gasteiger partial charge in [-0.15, -0.1) is 11.3 Å². The van der Waals surface area contributed by atoms with Crippen molar-refractivity contribution in [1.29, 1.82) is 0 Å². The van der Waals surface area contributed by atoms with Crippen molar-refractivity contribution >= 4 is 23.0 Å². The van der Waals surface area contributed by atoms with E-state index in [9.17, 15) is 0 Å². The minimum atomic E-state index is 0.310. The van der Waals surface area contributed by atoms with Crippen molar-refractivity contribution in [3.05, 3.63) is 34.3 Å². The Morgan fingerprint density at radius 1 is 1.42 bits per heavy atom. The van der Waals surface area contributed by atoms with Gasteiger partial charge < -0.3 is 10.2 Å². The van der Waals surface area contributed by atoms with Crippen molar-refractivity contribution in [2.45, 2.75) is 26.3 Å². The highest BCUT2D eigenvalue weighted by atomic mass is 32.1. The van der Waals surface area contributed by atoms with E-state index in [0.29, 0.717) is 6.04 Å². The number of hydrogen-bond acceptors (Lipinski definition) is 5. The number of hydrogen-bond donors (Lipinski definition) is 1. The summed E-state index contributed by atoms with van der Waals surface area (Å²) in [7, 11) is 3.99. The first-order valence-corrected chi connectivity index (χ1v) is 7.34. The van der Waals surface area contributed by atoms with E-state index in [0.717, 1.165) is 23.6 Å². The van der Waals surface area contributed by atoms with Crippen LogP contribution in [-0.2, 0) is 6.42 Å². The average molecular weight is 276 g/mol. The Bertz CT molecular complexity index is 524. The lowest BCUT2D eigenvalue weighted by molar-refractivity contribution is 0.734. The maximum atomic E-state index is 4.47. The lowest BCUT2D eigenvalue weighted by Crippen LogP contribution is -2.24. The molecular formula is C14H20N4S. The fourth-order valence-electron chi connectivity index (χ4n) is 2.15. The topological polar surface area (TPSA) is 41.1 Å². The molecule has 0 aliphatic carbocycles. The lowest BCUT2D eigenvalue weighted by Gasteiger charge is -2.27. The fourth-order valence-corrected chi connectivity index (χ4v) is 2.98. The number of nitrogens with one attached hydrogen (secondary N) is 1. The van der Waals surface area contributed by atoms with E-state index in [4.69, 9.17) is 0 Å². The third kappa shape index (κ3) is 2.71. The van der Waals surface area contributed by atoms with Crippen LogP contribution in [0.3, 0.4) is 0 Å². The molecule has 2 heterocycles. The van der Waals surface area contributed by atoms with Crippen LogP contribution in [0.5, 0.6) is 0 Å². The quantitative estimate of drug-likeness (QED) is 0.909. The summed E-state index contributed by atoms with van der Waals surface area (Å²) in [5, 5.41) is 5.25. The normalized spacial score (nSPS) is 12.2. The third-order valence-electron chi connectivity index (χ3n) is 3.38. The monoisotopic (exact) mass is 276 g/mol. The summed E-state index contributed by atoms with van der Waals surface area (Å²) in [6.07, 6.45) is 2.53. The zero-order chi connectivity index (χ0) is 13.8. The minimum Gasteiger partial charge on any atom is -0.373 e. The summed E-state index contributed by atoms with van der Waals surface area (Å²) >= 11 is 1.78. The molecule has 19 heavy (non-hydrogen) atoms. The SMILES string of the molecule is CCc1c(NC)ncnc1N(C)C(C)c1cccs1. The van der Waals surface area contributed by atoms with Gasteiger partial charge in [-0.05, 0) is 24.8 Å². The van der Waals surface area contributed by atoms with Crippen LogP contribution in [0.2, 0.25) is 0 Å². The fraction of sp³-hybridized carbons (Fsp3) is 0.429. The summed E-state index contributed by atoms with van der Waals surface area (Å²) in [4.78, 5) is 12.3. The van der Waals surface area contributed by atoms with Crippen LogP contribution in [0.15, 0.2) is 23.8 Å². The van der Waals surface area contributed by atoms with Crippen molar-refractivity contribution < 1.29 is 0 Å². The molecule has 0 amide bonds. The van der Waals surface area contributed by atoms with Crippen molar-refractivity contribution in [3.8, 4) is 0 Å². The molecule has 102 valence electrons. The second-order valence-electron chi connectivity index (χ2n) is 4.43. The van der Waals surface area contributed by atoms with Crippen molar-refractivity contribution in [1.82, 2.24) is 9.97 Å². The van der Waals surface area contributed by atoms with E-state index in [2.05, 4.69) is 58.6 Å². The molecule has 2 rings (SSSR count). The molecule has 2 aromatic heterocycles. The number of thiophene rings is 1. The Morgan fingerprint density at radius 3 is 2.79 bits per heavy atom. The van der Waals surface area contributed by atoms with Crippen LogP contribution < -0.4 is 10.2 Å². The summed E-state index contributed by atoms with van der Waals surface area (Å²) in [6, 6.07) is 4.56. The van der Waals surface area contributed by atoms with Gasteiger partial charge in [-0.25, -0.2) is 9.97 Å². The molecule has 1 atom stereocenters. The molecule has 0 saturated carbocycles. The molecule has 0 fully saturated rings. The van der Waals surface area contributed by atoms with Gasteiger partial charge in [-0.3, -0.25) is 0 Å². The minimum absolute atomic E-state index is 0.310. The maximum Gasteiger partial charge on any atom is 0.137 e. The third-order valence-corrected chi connectivity index (χ3v) is 4.43. The molecule has 0 aliphatic rings. The van der Waals surface area contributed by atoms with E-state index < -0.39 is 0 Å². The Hall–Kier alpha value is -1.62. The van der Waals surface area contributed by atoms with Gasteiger partial charge in [0, 0.05) is 24.5 Å². The predicted molar refractivity (Wildman–Crippen MR) is 82.1 cm³/mol. The molecule has 0 aliphatic heterocycles. The zero-order valence-electron chi connectivity index (χ0n) is 11.8. The van der Waals surface area contributed by atoms with Crippen molar-refractivity contribution in [2.75, 3.05) is 24.3 Å². The molecule has 4 nitrogen and oxygen atoms in total. The van der Waals surface area contributed by atoms with E-state index in [1.54, 1.807) is 17.7 Å². The van der Waals surface area contributed by atoms with Crippen LogP contribution in [0.1, 0.15) is 30.3 Å². The van der Waals surface area contributed by atoms with Crippen LogP contribution in [0.25, 0.3) is 0 Å². The van der Waals surface area contributed by atoms with E-state index in [1.807, 2.05) is 7.05 Å². The maximum absolute atomic E-state index is 4.47. The van der Waals surface area contributed by atoms with Gasteiger partial charge in [0.2, 0.25) is 0 Å². The van der Waals surface area contributed by atoms with Gasteiger partial charge in [0.1, 0.15) is 18.0 Å². The van der Waals surface area contributed by atoms with Gasteiger partial charge in [0.05, 0.1) is 6.04 Å². The molecular weight excluding hydrogens is 256 g/mol. The van der Waals surface area contributed by atoms with Crippen molar-refractivity contribution in [2.24, 2.45) is 0 Å². The van der Waals surface area contributed by atoms with Crippen LogP contribution in [0.4, 0.5) is 11.6 Å². The highest BCUT2D eigenvalue weighted by Gasteiger charge is 2.18. The molecule has 0 bridgehead atoms. The molecule has 2 aromatic rings. The lowest BCUT2D eigenvalue weighted by atomic mass is 10.1. The first-order valence-electron chi connectivity index (χ1n) is 6.46. The van der Waals surface area contributed by atoms with Gasteiger partial charge in [0.15, 0.2) is 0 Å². The Morgan fingerprint density at radius 2 is 2.21 bits per heavy atom. The number of anilines is 2. The molecule has 0 aromatic carbocycles. The molecule has 1 unspecified atom stereocenters. The van der Waals surface area contributed by atoms with E-state index in [-0.39, 0.29) is 0 Å². The van der Waals surface area contributed by atoms with Crippen LogP contribution in [-0.4, -0.2) is 24.1 Å². The Balaban J connectivity index is 2.35. The Labute approximate surface area is 118 Å². The average Bonchev–Trinajstić information content (AvgIpc) is 2.98. The zero-order valence-corrected chi connectivity index (χ0v) is 12.7. The standard InChI is InChI=1S/C14H20N4S/c1-5-11-13(15-3)16-9-17-14(11)18(4)10(2)12-7-6-8-19-12/h6-10H,5H2,1-4H3,(H,15,16,17). The molecule has 0 radical (unpaired) electrons. The highest BCUT2D eigenvalue weighted by Crippen LogP contribution is 2.31.